The van der Waals surface area contributed by atoms with Crippen molar-refractivity contribution >= 4 is 38.3 Å². The minimum atomic E-state index is -0.721. The Labute approximate surface area is 166 Å². The van der Waals surface area contributed by atoms with Gasteiger partial charge in [-0.2, -0.15) is 0 Å². The average molecular weight is 399 g/mol. The summed E-state index contributed by atoms with van der Waals surface area (Å²) in [6.07, 6.45) is -0.721. The monoisotopic (exact) mass is 399 g/mol. The first-order chi connectivity index (χ1) is 13.1. The molecule has 1 atom stereocenters. The summed E-state index contributed by atoms with van der Waals surface area (Å²) in [5.74, 6) is 0.268. The van der Waals surface area contributed by atoms with Gasteiger partial charge in [0.15, 0.2) is 11.2 Å². The number of nitro benzene ring substituents is 1. The van der Waals surface area contributed by atoms with Gasteiger partial charge in [-0.15, -0.1) is 0 Å². The first-order valence-corrected chi connectivity index (χ1v) is 9.58. The number of ether oxygens (including phenoxy) is 1. The highest BCUT2D eigenvalue weighted by Crippen LogP contribution is 2.29. The maximum Gasteiger partial charge on any atom is 0.270 e. The molecule has 0 fully saturated rings. The summed E-state index contributed by atoms with van der Waals surface area (Å²) >= 11 is 1.18. The number of thiazole rings is 1. The molecule has 0 saturated carbocycles. The highest BCUT2D eigenvalue weighted by molar-refractivity contribution is 7.22. The number of fused-ring (bicyclic) bond motifs is 1. The van der Waals surface area contributed by atoms with Gasteiger partial charge in [-0.25, -0.2) is 4.98 Å². The molecular weight excluding hydrogens is 378 g/mol. The maximum absolute atomic E-state index is 12.4. The third-order valence-electron chi connectivity index (χ3n) is 4.22. The van der Waals surface area contributed by atoms with Gasteiger partial charge in [-0.05, 0) is 36.1 Å². The van der Waals surface area contributed by atoms with Crippen molar-refractivity contribution in [2.45, 2.75) is 39.2 Å². The Morgan fingerprint density at radius 3 is 2.50 bits per heavy atom. The van der Waals surface area contributed by atoms with Crippen LogP contribution in [0.4, 0.5) is 10.8 Å². The Morgan fingerprint density at radius 2 is 1.89 bits per heavy atom. The van der Waals surface area contributed by atoms with Crippen LogP contribution in [0.2, 0.25) is 0 Å². The Hall–Kier alpha value is -3.00. The Balaban J connectivity index is 1.67. The van der Waals surface area contributed by atoms with Gasteiger partial charge in [-0.3, -0.25) is 20.2 Å². The van der Waals surface area contributed by atoms with Crippen molar-refractivity contribution in [1.82, 2.24) is 4.98 Å². The number of amides is 1. The molecule has 0 saturated heterocycles. The molecule has 2 aromatic carbocycles. The van der Waals surface area contributed by atoms with Crippen LogP contribution in [0.25, 0.3) is 10.2 Å². The zero-order valence-corrected chi connectivity index (χ0v) is 16.9. The van der Waals surface area contributed by atoms with Crippen LogP contribution in [0.5, 0.6) is 5.75 Å². The number of carbonyl (C=O) groups is 1. The lowest BCUT2D eigenvalue weighted by atomic mass is 9.87. The average Bonchev–Trinajstić information content (AvgIpc) is 3.02. The molecule has 1 N–H and O–H groups in total. The molecule has 1 heterocycles. The molecule has 0 aliphatic rings. The molecule has 8 heteroatoms. The SMILES string of the molecule is CC(Oc1ccc(C(C)(C)C)cc1)C(=O)Nc1nc2ccc([N+](=O)[O-])cc2s1. The van der Waals surface area contributed by atoms with Gasteiger partial charge in [0.2, 0.25) is 0 Å². The van der Waals surface area contributed by atoms with E-state index in [9.17, 15) is 14.9 Å². The summed E-state index contributed by atoms with van der Waals surface area (Å²) in [5, 5.41) is 14.0. The van der Waals surface area contributed by atoms with E-state index in [4.69, 9.17) is 4.74 Å². The highest BCUT2D eigenvalue weighted by atomic mass is 32.1. The summed E-state index contributed by atoms with van der Waals surface area (Å²) in [5.41, 5.74) is 1.81. The second kappa shape index (κ2) is 7.55. The van der Waals surface area contributed by atoms with E-state index < -0.39 is 11.0 Å². The standard InChI is InChI=1S/C20H21N3O4S/c1-12(27-15-8-5-13(6-9-15)20(2,3)4)18(24)22-19-21-16-10-7-14(23(25)26)11-17(16)28-19/h5-12H,1-4H3,(H,21,22,24). The third kappa shape index (κ3) is 4.45. The first-order valence-electron chi connectivity index (χ1n) is 8.76. The smallest absolute Gasteiger partial charge is 0.270 e. The van der Waals surface area contributed by atoms with Crippen LogP contribution in [0, 0.1) is 10.1 Å². The summed E-state index contributed by atoms with van der Waals surface area (Å²) in [6.45, 7) is 8.05. The number of carbonyl (C=O) groups excluding carboxylic acids is 1. The lowest BCUT2D eigenvalue weighted by Crippen LogP contribution is -2.30. The predicted octanol–water partition coefficient (Wildman–Crippen LogP) is 4.91. The van der Waals surface area contributed by atoms with E-state index in [1.165, 1.54) is 29.0 Å². The Morgan fingerprint density at radius 1 is 1.21 bits per heavy atom. The van der Waals surface area contributed by atoms with Crippen LogP contribution < -0.4 is 10.1 Å². The first kappa shape index (κ1) is 19.8. The number of nitrogens with zero attached hydrogens (tertiary/aromatic N) is 2. The maximum atomic E-state index is 12.4. The topological polar surface area (TPSA) is 94.4 Å². The van der Waals surface area contributed by atoms with Crippen LogP contribution in [0.15, 0.2) is 42.5 Å². The number of hydrogen-bond donors (Lipinski definition) is 1. The van der Waals surface area contributed by atoms with Crippen LogP contribution in [0.3, 0.4) is 0 Å². The molecule has 28 heavy (non-hydrogen) atoms. The molecule has 7 nitrogen and oxygen atoms in total. The van der Waals surface area contributed by atoms with Crippen LogP contribution in [-0.2, 0) is 10.2 Å². The Kier molecular flexibility index (Phi) is 5.33. The molecule has 3 rings (SSSR count). The fourth-order valence-electron chi connectivity index (χ4n) is 2.58. The summed E-state index contributed by atoms with van der Waals surface area (Å²) < 4.78 is 6.35. The van der Waals surface area contributed by atoms with Crippen molar-refractivity contribution in [3.8, 4) is 5.75 Å². The van der Waals surface area contributed by atoms with Gasteiger partial charge in [0.05, 0.1) is 15.1 Å². The zero-order valence-electron chi connectivity index (χ0n) is 16.1. The van der Waals surface area contributed by atoms with Crippen molar-refractivity contribution in [2.24, 2.45) is 0 Å². The number of rotatable bonds is 5. The number of aromatic nitrogens is 1. The minimum Gasteiger partial charge on any atom is -0.481 e. The fourth-order valence-corrected chi connectivity index (χ4v) is 3.48. The minimum absolute atomic E-state index is 0.00979. The van der Waals surface area contributed by atoms with Crippen molar-refractivity contribution in [3.63, 3.8) is 0 Å². The number of non-ortho nitro benzene ring substituents is 1. The molecule has 146 valence electrons. The number of hydrogen-bond acceptors (Lipinski definition) is 6. The van der Waals surface area contributed by atoms with E-state index in [2.05, 4.69) is 31.1 Å². The van der Waals surface area contributed by atoms with Crippen molar-refractivity contribution in [1.29, 1.82) is 0 Å². The van der Waals surface area contributed by atoms with Gasteiger partial charge in [0, 0.05) is 12.1 Å². The second-order valence-corrected chi connectivity index (χ2v) is 8.48. The molecular formula is C20H21N3O4S. The number of nitro groups is 1. The van der Waals surface area contributed by atoms with Gasteiger partial charge in [0.25, 0.3) is 11.6 Å². The molecule has 3 aromatic rings. The number of benzene rings is 2. The van der Waals surface area contributed by atoms with E-state index in [1.807, 2.05) is 24.3 Å². The van der Waals surface area contributed by atoms with Crippen LogP contribution >= 0.6 is 11.3 Å². The van der Waals surface area contributed by atoms with Crippen LogP contribution in [0.1, 0.15) is 33.3 Å². The van der Waals surface area contributed by atoms with Gasteiger partial charge in [-0.1, -0.05) is 44.2 Å². The molecule has 0 bridgehead atoms. The number of anilines is 1. The van der Waals surface area contributed by atoms with Crippen molar-refractivity contribution in [3.05, 3.63) is 58.1 Å². The lowest BCUT2D eigenvalue weighted by Gasteiger charge is -2.20. The molecule has 0 radical (unpaired) electrons. The number of nitrogens with one attached hydrogen (secondary N) is 1. The third-order valence-corrected chi connectivity index (χ3v) is 5.15. The van der Waals surface area contributed by atoms with Crippen LogP contribution in [-0.4, -0.2) is 21.9 Å². The fraction of sp³-hybridized carbons (Fsp3) is 0.300. The molecule has 1 unspecified atom stereocenters. The molecule has 0 spiro atoms. The molecule has 1 aromatic heterocycles. The van der Waals surface area contributed by atoms with E-state index in [0.29, 0.717) is 21.1 Å². The van der Waals surface area contributed by atoms with E-state index >= 15 is 0 Å². The molecule has 0 aliphatic carbocycles. The second-order valence-electron chi connectivity index (χ2n) is 7.45. The largest absolute Gasteiger partial charge is 0.481 e. The molecule has 1 amide bonds. The van der Waals surface area contributed by atoms with Crippen molar-refractivity contribution in [2.75, 3.05) is 5.32 Å². The van der Waals surface area contributed by atoms with Gasteiger partial charge < -0.3 is 4.74 Å². The highest BCUT2D eigenvalue weighted by Gasteiger charge is 2.18. The lowest BCUT2D eigenvalue weighted by molar-refractivity contribution is -0.384. The van der Waals surface area contributed by atoms with Crippen molar-refractivity contribution < 1.29 is 14.5 Å². The quantitative estimate of drug-likeness (QED) is 0.486. The summed E-state index contributed by atoms with van der Waals surface area (Å²) in [7, 11) is 0. The predicted molar refractivity (Wildman–Crippen MR) is 110 cm³/mol. The summed E-state index contributed by atoms with van der Waals surface area (Å²) in [6, 6.07) is 12.1. The van der Waals surface area contributed by atoms with Gasteiger partial charge >= 0.3 is 0 Å². The van der Waals surface area contributed by atoms with E-state index in [-0.39, 0.29) is 17.0 Å². The molecule has 0 aliphatic heterocycles. The van der Waals surface area contributed by atoms with E-state index in [1.54, 1.807) is 13.0 Å². The normalized spacial score (nSPS) is 12.6. The van der Waals surface area contributed by atoms with E-state index in [0.717, 1.165) is 0 Å². The summed E-state index contributed by atoms with van der Waals surface area (Å²) in [4.78, 5) is 27.1. The van der Waals surface area contributed by atoms with Gasteiger partial charge in [0.1, 0.15) is 5.75 Å². The zero-order chi connectivity index (χ0) is 20.5. The Bertz CT molecular complexity index is 1020.